The summed E-state index contributed by atoms with van der Waals surface area (Å²) in [6.07, 6.45) is 0. The molecule has 2 amide bonds. The first-order valence-corrected chi connectivity index (χ1v) is 8.66. The van der Waals surface area contributed by atoms with Gasteiger partial charge in [-0.15, -0.1) is 23.5 Å². The van der Waals surface area contributed by atoms with Crippen molar-refractivity contribution in [3.63, 3.8) is 0 Å². The van der Waals surface area contributed by atoms with Crippen LogP contribution in [0, 0.1) is 0 Å². The number of morpholine rings is 1. The molecule has 2 atom stereocenters. The molecule has 0 aliphatic carbocycles. The van der Waals surface area contributed by atoms with Crippen molar-refractivity contribution < 1.29 is 14.3 Å². The molecule has 0 N–H and O–H groups in total. The van der Waals surface area contributed by atoms with E-state index in [0.29, 0.717) is 32.1 Å². The highest BCUT2D eigenvalue weighted by molar-refractivity contribution is 8.04. The Balaban J connectivity index is 1.77. The Hall–Kier alpha value is -0.400. The zero-order valence-electron chi connectivity index (χ0n) is 11.0. The standard InChI is InChI=1S/C12H18N2O3S2/c1-12-8-18-7-10(15)14(12)9(6-19-12)11(16)13-2-4-17-5-3-13/h9H,2-8H2,1H3/t9-,12-/m1/s1. The van der Waals surface area contributed by atoms with E-state index in [1.165, 1.54) is 0 Å². The minimum Gasteiger partial charge on any atom is -0.378 e. The predicted molar refractivity (Wildman–Crippen MR) is 76.2 cm³/mol. The first-order chi connectivity index (χ1) is 9.12. The molecular weight excluding hydrogens is 284 g/mol. The minimum absolute atomic E-state index is 0.0970. The number of carbonyl (C=O) groups is 2. The van der Waals surface area contributed by atoms with Gasteiger partial charge < -0.3 is 14.5 Å². The maximum Gasteiger partial charge on any atom is 0.246 e. The highest BCUT2D eigenvalue weighted by Gasteiger charge is 2.51. The fourth-order valence-corrected chi connectivity index (χ4v) is 5.55. The topological polar surface area (TPSA) is 49.9 Å². The van der Waals surface area contributed by atoms with Crippen LogP contribution in [0.25, 0.3) is 0 Å². The number of amides is 2. The molecule has 0 spiro atoms. The number of fused-ring (bicyclic) bond motifs is 1. The van der Waals surface area contributed by atoms with E-state index in [4.69, 9.17) is 4.74 Å². The van der Waals surface area contributed by atoms with E-state index in [1.807, 2.05) is 9.80 Å². The number of rotatable bonds is 1. The van der Waals surface area contributed by atoms with Gasteiger partial charge in [0.05, 0.1) is 23.8 Å². The molecule has 3 saturated heterocycles. The molecule has 0 aromatic carbocycles. The first-order valence-electron chi connectivity index (χ1n) is 6.52. The van der Waals surface area contributed by atoms with Crippen LogP contribution in [0.4, 0.5) is 0 Å². The third kappa shape index (κ3) is 2.36. The van der Waals surface area contributed by atoms with Crippen molar-refractivity contribution in [2.45, 2.75) is 17.8 Å². The maximum absolute atomic E-state index is 12.6. The fourth-order valence-electron chi connectivity index (χ4n) is 2.85. The van der Waals surface area contributed by atoms with Crippen molar-refractivity contribution in [3.8, 4) is 0 Å². The van der Waals surface area contributed by atoms with Gasteiger partial charge in [-0.1, -0.05) is 0 Å². The summed E-state index contributed by atoms with van der Waals surface area (Å²) >= 11 is 3.41. The second-order valence-corrected chi connectivity index (χ2v) is 7.68. The lowest BCUT2D eigenvalue weighted by molar-refractivity contribution is -0.147. The van der Waals surface area contributed by atoms with Crippen LogP contribution in [0.15, 0.2) is 0 Å². The average Bonchev–Trinajstić information content (AvgIpc) is 2.78. The molecule has 3 aliphatic heterocycles. The molecule has 0 unspecified atom stereocenters. The fraction of sp³-hybridized carbons (Fsp3) is 0.833. The summed E-state index contributed by atoms with van der Waals surface area (Å²) in [5, 5.41) is 0. The highest BCUT2D eigenvalue weighted by atomic mass is 32.2. The molecule has 0 saturated carbocycles. The lowest BCUT2D eigenvalue weighted by Gasteiger charge is -2.41. The van der Waals surface area contributed by atoms with Gasteiger partial charge in [0.1, 0.15) is 6.04 Å². The van der Waals surface area contributed by atoms with Crippen LogP contribution in [0.5, 0.6) is 0 Å². The largest absolute Gasteiger partial charge is 0.378 e. The molecule has 3 fully saturated rings. The number of hydrogen-bond donors (Lipinski definition) is 0. The Morgan fingerprint density at radius 2 is 2.16 bits per heavy atom. The van der Waals surface area contributed by atoms with E-state index >= 15 is 0 Å². The molecule has 0 aromatic rings. The van der Waals surface area contributed by atoms with Crippen molar-refractivity contribution in [1.29, 1.82) is 0 Å². The van der Waals surface area contributed by atoms with Gasteiger partial charge in [0.25, 0.3) is 0 Å². The molecule has 0 radical (unpaired) electrons. The van der Waals surface area contributed by atoms with E-state index in [2.05, 4.69) is 6.92 Å². The smallest absolute Gasteiger partial charge is 0.246 e. The van der Waals surface area contributed by atoms with E-state index in [1.54, 1.807) is 23.5 Å². The monoisotopic (exact) mass is 302 g/mol. The summed E-state index contributed by atoms with van der Waals surface area (Å²) in [6.45, 7) is 4.58. The lowest BCUT2D eigenvalue weighted by atomic mass is 10.1. The molecular formula is C12H18N2O3S2. The zero-order valence-corrected chi connectivity index (χ0v) is 12.6. The van der Waals surface area contributed by atoms with Crippen LogP contribution in [0.3, 0.4) is 0 Å². The second-order valence-electron chi connectivity index (χ2n) is 5.20. The van der Waals surface area contributed by atoms with Crippen molar-refractivity contribution in [2.75, 3.05) is 43.6 Å². The predicted octanol–water partition coefficient (Wildman–Crippen LogP) is 0.252. The number of hydrogen-bond acceptors (Lipinski definition) is 5. The Bertz CT molecular complexity index is 400. The summed E-state index contributed by atoms with van der Waals surface area (Å²) in [4.78, 5) is 28.3. The van der Waals surface area contributed by atoms with E-state index in [0.717, 1.165) is 11.5 Å². The molecule has 3 rings (SSSR count). The van der Waals surface area contributed by atoms with Crippen molar-refractivity contribution in [1.82, 2.24) is 9.80 Å². The quantitative estimate of drug-likeness (QED) is 0.695. The van der Waals surface area contributed by atoms with Crippen LogP contribution < -0.4 is 0 Å². The van der Waals surface area contributed by atoms with Crippen LogP contribution in [0.2, 0.25) is 0 Å². The zero-order chi connectivity index (χ0) is 13.5. The summed E-state index contributed by atoms with van der Waals surface area (Å²) in [5.74, 6) is 2.34. The number of nitrogens with zero attached hydrogens (tertiary/aromatic N) is 2. The molecule has 19 heavy (non-hydrogen) atoms. The van der Waals surface area contributed by atoms with Gasteiger partial charge in [-0.2, -0.15) is 0 Å². The summed E-state index contributed by atoms with van der Waals surface area (Å²) in [6, 6.07) is -0.276. The summed E-state index contributed by atoms with van der Waals surface area (Å²) in [5.41, 5.74) is 0. The maximum atomic E-state index is 12.6. The van der Waals surface area contributed by atoms with Crippen LogP contribution in [-0.2, 0) is 14.3 Å². The first kappa shape index (κ1) is 13.6. The molecule has 0 bridgehead atoms. The summed E-state index contributed by atoms with van der Waals surface area (Å²) in [7, 11) is 0. The Kier molecular flexibility index (Phi) is 3.70. The van der Waals surface area contributed by atoms with Gasteiger partial charge >= 0.3 is 0 Å². The molecule has 3 aliphatic rings. The lowest BCUT2D eigenvalue weighted by Crippen LogP contribution is -2.59. The van der Waals surface area contributed by atoms with Crippen LogP contribution >= 0.6 is 23.5 Å². The SMILES string of the molecule is C[C@@]12CSCC(=O)N1[C@@H](C(=O)N1CCOCC1)CS2. The van der Waals surface area contributed by atoms with Gasteiger partial charge in [-0.25, -0.2) is 0 Å². The molecule has 3 heterocycles. The second kappa shape index (κ2) is 5.18. The Morgan fingerprint density at radius 3 is 2.89 bits per heavy atom. The number of ether oxygens (including phenoxy) is 1. The van der Waals surface area contributed by atoms with Gasteiger partial charge in [0.2, 0.25) is 11.8 Å². The normalized spacial score (nSPS) is 35.4. The van der Waals surface area contributed by atoms with Crippen LogP contribution in [0.1, 0.15) is 6.92 Å². The third-order valence-electron chi connectivity index (χ3n) is 3.85. The van der Waals surface area contributed by atoms with Crippen molar-refractivity contribution >= 4 is 35.3 Å². The highest BCUT2D eigenvalue weighted by Crippen LogP contribution is 2.44. The summed E-state index contributed by atoms with van der Waals surface area (Å²) < 4.78 is 5.28. The van der Waals surface area contributed by atoms with Gasteiger partial charge in [0.15, 0.2) is 0 Å². The van der Waals surface area contributed by atoms with Gasteiger partial charge in [-0.3, -0.25) is 9.59 Å². The van der Waals surface area contributed by atoms with E-state index in [-0.39, 0.29) is 22.7 Å². The van der Waals surface area contributed by atoms with Crippen molar-refractivity contribution in [2.24, 2.45) is 0 Å². The third-order valence-corrected chi connectivity index (χ3v) is 6.69. The van der Waals surface area contributed by atoms with E-state index < -0.39 is 0 Å². The molecule has 7 heteroatoms. The van der Waals surface area contributed by atoms with Crippen molar-refractivity contribution in [3.05, 3.63) is 0 Å². The molecule has 0 aromatic heterocycles. The van der Waals surface area contributed by atoms with Gasteiger partial charge in [0, 0.05) is 24.6 Å². The minimum atomic E-state index is -0.276. The number of carbonyl (C=O) groups excluding carboxylic acids is 2. The van der Waals surface area contributed by atoms with E-state index in [9.17, 15) is 9.59 Å². The Morgan fingerprint density at radius 1 is 1.42 bits per heavy atom. The van der Waals surface area contributed by atoms with Gasteiger partial charge in [-0.05, 0) is 6.92 Å². The number of thioether (sulfide) groups is 2. The Labute approximate surface area is 121 Å². The van der Waals surface area contributed by atoms with Crippen LogP contribution in [-0.4, -0.2) is 76.1 Å². The molecule has 5 nitrogen and oxygen atoms in total. The average molecular weight is 302 g/mol. The molecule has 106 valence electrons.